The third kappa shape index (κ3) is 2.12. The minimum absolute atomic E-state index is 0.197. The van der Waals surface area contributed by atoms with Crippen molar-refractivity contribution in [1.82, 2.24) is 14.6 Å². The summed E-state index contributed by atoms with van der Waals surface area (Å²) in [5.74, 6) is -0.165. The van der Waals surface area contributed by atoms with E-state index in [2.05, 4.69) is 41.4 Å². The number of amides is 1. The van der Waals surface area contributed by atoms with Crippen LogP contribution in [-0.2, 0) is 4.79 Å². The van der Waals surface area contributed by atoms with E-state index < -0.39 is 0 Å². The summed E-state index contributed by atoms with van der Waals surface area (Å²) in [6.45, 7) is 4.07. The molecule has 6 heteroatoms. The number of nitrogens with zero attached hydrogens (tertiary/aromatic N) is 3. The molecule has 20 heavy (non-hydrogen) atoms. The highest BCUT2D eigenvalue weighted by Gasteiger charge is 2.12. The number of carbonyl (C=O) groups is 1. The zero-order valence-corrected chi connectivity index (χ0v) is 12.1. The maximum atomic E-state index is 10.9. The molecule has 0 aliphatic heterocycles. The minimum Gasteiger partial charge on any atom is -0.369 e. The number of hydrogen-bond donors (Lipinski definition) is 1. The molecule has 0 bridgehead atoms. The Hall–Kier alpha value is -2.08. The average molecular weight is 286 g/mol. The summed E-state index contributed by atoms with van der Waals surface area (Å²) in [6, 6.07) is 8.34. The molecule has 0 atom stereocenters. The molecule has 0 fully saturated rings. The van der Waals surface area contributed by atoms with Crippen molar-refractivity contribution in [3.63, 3.8) is 0 Å². The second kappa shape index (κ2) is 4.79. The Morgan fingerprint density at radius 1 is 1.30 bits per heavy atom. The predicted octanol–water partition coefficient (Wildman–Crippen LogP) is 2.08. The first-order valence-corrected chi connectivity index (χ1v) is 7.21. The van der Waals surface area contributed by atoms with Gasteiger partial charge in [0.25, 0.3) is 0 Å². The number of aromatic nitrogens is 3. The number of rotatable bonds is 3. The van der Waals surface area contributed by atoms with Gasteiger partial charge in [0.15, 0.2) is 10.8 Å². The second-order valence-corrected chi connectivity index (χ2v) is 5.73. The van der Waals surface area contributed by atoms with E-state index >= 15 is 0 Å². The molecule has 0 spiro atoms. The first kappa shape index (κ1) is 12.9. The van der Waals surface area contributed by atoms with Crippen LogP contribution in [-0.4, -0.2) is 26.3 Å². The molecule has 0 aliphatic carbocycles. The normalized spacial score (nSPS) is 11.3. The van der Waals surface area contributed by atoms with Crippen molar-refractivity contribution < 1.29 is 4.79 Å². The van der Waals surface area contributed by atoms with Crippen LogP contribution in [0, 0.1) is 13.8 Å². The lowest BCUT2D eigenvalue weighted by Crippen LogP contribution is -2.13. The van der Waals surface area contributed by atoms with Gasteiger partial charge in [-0.15, -0.1) is 10.2 Å². The monoisotopic (exact) mass is 286 g/mol. The molecule has 0 radical (unpaired) electrons. The maximum Gasteiger partial charge on any atom is 0.227 e. The molecule has 2 aromatic heterocycles. The van der Waals surface area contributed by atoms with Crippen molar-refractivity contribution in [1.29, 1.82) is 0 Å². The van der Waals surface area contributed by atoms with Crippen LogP contribution in [0.2, 0.25) is 0 Å². The number of aryl methyl sites for hydroxylation is 2. The number of fused-ring (bicyclic) bond motifs is 3. The first-order chi connectivity index (χ1) is 9.56. The number of benzene rings is 1. The SMILES string of the molecule is Cc1ccc2c(c1)cc(C)c1nnc(SCC(N)=O)n12. The van der Waals surface area contributed by atoms with Crippen molar-refractivity contribution in [3.8, 4) is 0 Å². The zero-order valence-electron chi connectivity index (χ0n) is 11.3. The van der Waals surface area contributed by atoms with Crippen LogP contribution in [0.3, 0.4) is 0 Å². The van der Waals surface area contributed by atoms with Crippen molar-refractivity contribution in [3.05, 3.63) is 35.4 Å². The van der Waals surface area contributed by atoms with E-state index in [-0.39, 0.29) is 11.7 Å². The van der Waals surface area contributed by atoms with E-state index in [1.165, 1.54) is 17.3 Å². The highest BCUT2D eigenvalue weighted by atomic mass is 32.2. The van der Waals surface area contributed by atoms with E-state index in [9.17, 15) is 4.79 Å². The number of nitrogens with two attached hydrogens (primary N) is 1. The van der Waals surface area contributed by atoms with Crippen LogP contribution in [0.15, 0.2) is 29.4 Å². The van der Waals surface area contributed by atoms with E-state index in [0.717, 1.165) is 22.1 Å². The summed E-state index contributed by atoms with van der Waals surface area (Å²) in [6.07, 6.45) is 0. The van der Waals surface area contributed by atoms with E-state index in [0.29, 0.717) is 5.16 Å². The first-order valence-electron chi connectivity index (χ1n) is 6.22. The highest BCUT2D eigenvalue weighted by Crippen LogP contribution is 2.26. The molecule has 102 valence electrons. The zero-order chi connectivity index (χ0) is 14.3. The van der Waals surface area contributed by atoms with Gasteiger partial charge in [0, 0.05) is 0 Å². The number of pyridine rings is 1. The lowest BCUT2D eigenvalue weighted by atomic mass is 10.1. The summed E-state index contributed by atoms with van der Waals surface area (Å²) in [7, 11) is 0. The molecule has 0 aliphatic rings. The minimum atomic E-state index is -0.362. The topological polar surface area (TPSA) is 73.3 Å². The summed E-state index contributed by atoms with van der Waals surface area (Å²) >= 11 is 1.31. The third-order valence-electron chi connectivity index (χ3n) is 3.13. The molecule has 3 aromatic rings. The standard InChI is InChI=1S/C14H14N4OS/c1-8-3-4-11-10(5-8)6-9(2)13-16-17-14(18(11)13)20-7-12(15)19/h3-6H,7H2,1-2H3,(H2,15,19). The van der Waals surface area contributed by atoms with Gasteiger partial charge in [-0.3, -0.25) is 9.20 Å². The molecule has 2 heterocycles. The van der Waals surface area contributed by atoms with Crippen molar-refractivity contribution in [2.75, 3.05) is 5.75 Å². The van der Waals surface area contributed by atoms with Gasteiger partial charge >= 0.3 is 0 Å². The van der Waals surface area contributed by atoms with Gasteiger partial charge in [0.2, 0.25) is 5.91 Å². The molecule has 0 saturated carbocycles. The van der Waals surface area contributed by atoms with Crippen LogP contribution in [0.5, 0.6) is 0 Å². The second-order valence-electron chi connectivity index (χ2n) is 4.79. The Kier molecular flexibility index (Phi) is 3.10. The van der Waals surface area contributed by atoms with E-state index in [4.69, 9.17) is 5.73 Å². The average Bonchev–Trinajstić information content (AvgIpc) is 2.80. The Morgan fingerprint density at radius 3 is 2.85 bits per heavy atom. The lowest BCUT2D eigenvalue weighted by Gasteiger charge is -2.07. The maximum absolute atomic E-state index is 10.9. The van der Waals surface area contributed by atoms with Crippen molar-refractivity contribution in [2.45, 2.75) is 19.0 Å². The van der Waals surface area contributed by atoms with Crippen LogP contribution in [0.25, 0.3) is 16.6 Å². The van der Waals surface area contributed by atoms with Crippen LogP contribution >= 0.6 is 11.8 Å². The highest BCUT2D eigenvalue weighted by molar-refractivity contribution is 7.99. The molecule has 5 nitrogen and oxygen atoms in total. The van der Waals surface area contributed by atoms with Crippen molar-refractivity contribution in [2.24, 2.45) is 5.73 Å². The summed E-state index contributed by atoms with van der Waals surface area (Å²) < 4.78 is 1.98. The van der Waals surface area contributed by atoms with E-state index in [1.807, 2.05) is 11.3 Å². The largest absolute Gasteiger partial charge is 0.369 e. The van der Waals surface area contributed by atoms with Gasteiger partial charge in [-0.1, -0.05) is 23.4 Å². The van der Waals surface area contributed by atoms with E-state index in [1.54, 1.807) is 0 Å². The summed E-state index contributed by atoms with van der Waals surface area (Å²) in [5.41, 5.74) is 9.31. The van der Waals surface area contributed by atoms with Gasteiger partial charge in [-0.2, -0.15) is 0 Å². The molecule has 3 rings (SSSR count). The summed E-state index contributed by atoms with van der Waals surface area (Å²) in [4.78, 5) is 10.9. The third-order valence-corrected chi connectivity index (χ3v) is 4.08. The van der Waals surface area contributed by atoms with Gasteiger partial charge in [-0.05, 0) is 43.0 Å². The van der Waals surface area contributed by atoms with Crippen LogP contribution in [0.4, 0.5) is 0 Å². The molecule has 0 unspecified atom stereocenters. The Bertz CT molecular complexity index is 825. The van der Waals surface area contributed by atoms with Crippen molar-refractivity contribution >= 4 is 34.2 Å². The Morgan fingerprint density at radius 2 is 2.10 bits per heavy atom. The fraction of sp³-hybridized carbons (Fsp3) is 0.214. The Labute approximate surface area is 120 Å². The molecular formula is C14H14N4OS. The van der Waals surface area contributed by atoms with Gasteiger partial charge in [-0.25, -0.2) is 0 Å². The number of primary amides is 1. The summed E-state index contributed by atoms with van der Waals surface area (Å²) in [5, 5.41) is 10.2. The van der Waals surface area contributed by atoms with Gasteiger partial charge < -0.3 is 5.73 Å². The number of carbonyl (C=O) groups excluding carboxylic acids is 1. The Balaban J connectivity index is 2.27. The smallest absolute Gasteiger partial charge is 0.227 e. The van der Waals surface area contributed by atoms with Gasteiger partial charge in [0.05, 0.1) is 11.3 Å². The van der Waals surface area contributed by atoms with Crippen LogP contribution < -0.4 is 5.73 Å². The predicted molar refractivity (Wildman–Crippen MR) is 79.9 cm³/mol. The quantitative estimate of drug-likeness (QED) is 0.748. The van der Waals surface area contributed by atoms with Crippen LogP contribution in [0.1, 0.15) is 11.1 Å². The molecule has 0 saturated heterocycles. The molecule has 1 amide bonds. The lowest BCUT2D eigenvalue weighted by molar-refractivity contribution is -0.115. The fourth-order valence-corrected chi connectivity index (χ4v) is 2.95. The number of thioether (sulfide) groups is 1. The fourth-order valence-electron chi connectivity index (χ4n) is 2.26. The number of hydrogen-bond acceptors (Lipinski definition) is 4. The molecule has 2 N–H and O–H groups in total. The molecular weight excluding hydrogens is 272 g/mol. The van der Waals surface area contributed by atoms with Gasteiger partial charge in [0.1, 0.15) is 0 Å². The molecule has 1 aromatic carbocycles.